The van der Waals surface area contributed by atoms with Gasteiger partial charge in [-0.05, 0) is 18.1 Å². The van der Waals surface area contributed by atoms with Crippen molar-refractivity contribution < 1.29 is 4.42 Å². The van der Waals surface area contributed by atoms with Crippen LogP contribution in [0.1, 0.15) is 51.9 Å². The molecule has 0 fully saturated rings. The third-order valence-electron chi connectivity index (χ3n) is 1.65. The van der Waals surface area contributed by atoms with E-state index in [9.17, 15) is 0 Å². The summed E-state index contributed by atoms with van der Waals surface area (Å²) in [6.45, 7) is 10.4. The summed E-state index contributed by atoms with van der Waals surface area (Å²) in [7, 11) is 0. The third-order valence-corrected chi connectivity index (χ3v) is 1.65. The zero-order chi connectivity index (χ0) is 9.56. The fourth-order valence-electron chi connectivity index (χ4n) is 0.883. The van der Waals surface area contributed by atoms with Crippen LogP contribution in [0.4, 0.5) is 0 Å². The van der Waals surface area contributed by atoms with Gasteiger partial charge < -0.3 is 4.42 Å². The fourth-order valence-corrected chi connectivity index (χ4v) is 0.883. The molecule has 0 bridgehead atoms. The summed E-state index contributed by atoms with van der Waals surface area (Å²) in [6.07, 6.45) is 2.91. The first-order chi connectivity index (χ1) is 5.74. The van der Waals surface area contributed by atoms with Crippen LogP contribution in [0, 0.1) is 0 Å². The molecule has 0 saturated carbocycles. The Morgan fingerprint density at radius 1 is 1.33 bits per heavy atom. The van der Waals surface area contributed by atoms with E-state index in [0.717, 1.165) is 12.2 Å². The van der Waals surface area contributed by atoms with E-state index >= 15 is 0 Å². The highest BCUT2D eigenvalue weighted by atomic mass is 16.3. The lowest BCUT2D eigenvalue weighted by Gasteiger charge is -1.95. The molecule has 1 aromatic heterocycles. The summed E-state index contributed by atoms with van der Waals surface area (Å²) in [5.41, 5.74) is 1.30. The van der Waals surface area contributed by atoms with Crippen LogP contribution in [-0.2, 0) is 6.42 Å². The zero-order valence-corrected chi connectivity index (χ0v) is 8.85. The van der Waals surface area contributed by atoms with E-state index in [4.69, 9.17) is 4.42 Å². The topological polar surface area (TPSA) is 13.1 Å². The van der Waals surface area contributed by atoms with Crippen molar-refractivity contribution in [2.24, 2.45) is 0 Å². The summed E-state index contributed by atoms with van der Waals surface area (Å²) in [5, 5.41) is 0. The van der Waals surface area contributed by atoms with E-state index in [1.807, 2.05) is 20.1 Å². The predicted octanol–water partition coefficient (Wildman–Crippen LogP) is 3.99. The molecular formula is C11H20O. The maximum Gasteiger partial charge on any atom is 0.106 e. The molecule has 1 heterocycles. The molecule has 0 unspecified atom stereocenters. The first-order valence-corrected chi connectivity index (χ1v) is 4.81. The Hall–Kier alpha value is -0.720. The molecule has 0 spiro atoms. The van der Waals surface area contributed by atoms with Crippen molar-refractivity contribution in [1.82, 2.24) is 0 Å². The Morgan fingerprint density at radius 2 is 1.92 bits per heavy atom. The Bertz CT molecular complexity index is 199. The molecule has 0 N–H and O–H groups in total. The van der Waals surface area contributed by atoms with E-state index in [1.54, 1.807) is 0 Å². The highest BCUT2D eigenvalue weighted by Crippen LogP contribution is 2.17. The summed E-state index contributed by atoms with van der Waals surface area (Å²) >= 11 is 0. The van der Waals surface area contributed by atoms with Gasteiger partial charge >= 0.3 is 0 Å². The molecular weight excluding hydrogens is 148 g/mol. The van der Waals surface area contributed by atoms with Crippen LogP contribution in [0.15, 0.2) is 16.7 Å². The fraction of sp³-hybridized carbons (Fsp3) is 0.636. The Morgan fingerprint density at radius 3 is 2.17 bits per heavy atom. The molecule has 0 amide bonds. The first kappa shape index (κ1) is 11.3. The Labute approximate surface area is 75.8 Å². The predicted molar refractivity (Wildman–Crippen MR) is 53.5 cm³/mol. The molecule has 0 atom stereocenters. The van der Waals surface area contributed by atoms with Gasteiger partial charge in [-0.2, -0.15) is 0 Å². The highest BCUT2D eigenvalue weighted by Gasteiger charge is 2.03. The Balaban J connectivity index is 0.000000561. The van der Waals surface area contributed by atoms with Gasteiger partial charge in [0.1, 0.15) is 5.76 Å². The van der Waals surface area contributed by atoms with Crippen LogP contribution in [-0.4, -0.2) is 0 Å². The minimum Gasteiger partial charge on any atom is -0.469 e. The second-order valence-electron chi connectivity index (χ2n) is 2.87. The monoisotopic (exact) mass is 168 g/mol. The van der Waals surface area contributed by atoms with E-state index in [-0.39, 0.29) is 0 Å². The maximum absolute atomic E-state index is 5.32. The van der Waals surface area contributed by atoms with E-state index < -0.39 is 0 Å². The summed E-state index contributed by atoms with van der Waals surface area (Å²) in [6, 6.07) is 2.13. The van der Waals surface area contributed by atoms with Gasteiger partial charge in [-0.1, -0.05) is 34.6 Å². The van der Waals surface area contributed by atoms with Gasteiger partial charge in [-0.3, -0.25) is 0 Å². The van der Waals surface area contributed by atoms with Crippen LogP contribution < -0.4 is 0 Å². The average Bonchev–Trinajstić information content (AvgIpc) is 2.55. The average molecular weight is 168 g/mol. The molecule has 70 valence electrons. The molecule has 0 saturated heterocycles. The number of rotatable bonds is 2. The normalized spacial score (nSPS) is 9.50. The molecule has 0 aliphatic heterocycles. The number of furan rings is 1. The molecule has 0 radical (unpaired) electrons. The summed E-state index contributed by atoms with van der Waals surface area (Å²) in [5.74, 6) is 1.61. The van der Waals surface area contributed by atoms with E-state index in [2.05, 4.69) is 26.8 Å². The van der Waals surface area contributed by atoms with Gasteiger partial charge in [-0.25, -0.2) is 0 Å². The standard InChI is InChI=1S/C9H14O.C2H6/c1-4-8-5-9(7(2)3)10-6-8;1-2/h5-7H,4H2,1-3H3;1-2H3. The van der Waals surface area contributed by atoms with Crippen LogP contribution in [0.5, 0.6) is 0 Å². The van der Waals surface area contributed by atoms with Crippen molar-refractivity contribution in [3.05, 3.63) is 23.7 Å². The Kier molecular flexibility index (Phi) is 5.52. The van der Waals surface area contributed by atoms with Gasteiger partial charge in [0, 0.05) is 5.92 Å². The van der Waals surface area contributed by atoms with Crippen molar-refractivity contribution in [2.45, 2.75) is 47.0 Å². The molecule has 12 heavy (non-hydrogen) atoms. The third kappa shape index (κ3) is 3.12. The van der Waals surface area contributed by atoms with Crippen LogP contribution in [0.2, 0.25) is 0 Å². The quantitative estimate of drug-likeness (QED) is 0.650. The maximum atomic E-state index is 5.32. The second-order valence-corrected chi connectivity index (χ2v) is 2.87. The van der Waals surface area contributed by atoms with Crippen molar-refractivity contribution in [2.75, 3.05) is 0 Å². The van der Waals surface area contributed by atoms with Gasteiger partial charge in [0.15, 0.2) is 0 Å². The zero-order valence-electron chi connectivity index (χ0n) is 8.85. The molecule has 1 nitrogen and oxygen atoms in total. The van der Waals surface area contributed by atoms with Crippen molar-refractivity contribution in [1.29, 1.82) is 0 Å². The lowest BCUT2D eigenvalue weighted by atomic mass is 10.1. The smallest absolute Gasteiger partial charge is 0.106 e. The number of hydrogen-bond donors (Lipinski definition) is 0. The molecule has 1 rings (SSSR count). The largest absolute Gasteiger partial charge is 0.469 e. The minimum absolute atomic E-state index is 0.514. The van der Waals surface area contributed by atoms with Gasteiger partial charge in [0.2, 0.25) is 0 Å². The van der Waals surface area contributed by atoms with Crippen LogP contribution in [0.3, 0.4) is 0 Å². The van der Waals surface area contributed by atoms with Crippen LogP contribution >= 0.6 is 0 Å². The van der Waals surface area contributed by atoms with E-state index in [1.165, 1.54) is 5.56 Å². The van der Waals surface area contributed by atoms with Gasteiger partial charge in [0.25, 0.3) is 0 Å². The van der Waals surface area contributed by atoms with Gasteiger partial charge in [-0.15, -0.1) is 0 Å². The van der Waals surface area contributed by atoms with Crippen LogP contribution in [0.25, 0.3) is 0 Å². The summed E-state index contributed by atoms with van der Waals surface area (Å²) < 4.78 is 5.32. The molecule has 1 aromatic rings. The molecule has 0 aliphatic carbocycles. The van der Waals surface area contributed by atoms with Gasteiger partial charge in [0.05, 0.1) is 6.26 Å². The van der Waals surface area contributed by atoms with Crippen molar-refractivity contribution >= 4 is 0 Å². The van der Waals surface area contributed by atoms with Crippen molar-refractivity contribution in [3.8, 4) is 0 Å². The molecule has 0 aromatic carbocycles. The minimum atomic E-state index is 0.514. The molecule has 0 aliphatic rings. The SMILES string of the molecule is CC.CCc1coc(C(C)C)c1. The van der Waals surface area contributed by atoms with E-state index in [0.29, 0.717) is 5.92 Å². The van der Waals surface area contributed by atoms with Crippen molar-refractivity contribution in [3.63, 3.8) is 0 Å². The first-order valence-electron chi connectivity index (χ1n) is 4.81. The summed E-state index contributed by atoms with van der Waals surface area (Å²) in [4.78, 5) is 0. The second kappa shape index (κ2) is 5.87. The lowest BCUT2D eigenvalue weighted by molar-refractivity contribution is 0.485. The number of aryl methyl sites for hydroxylation is 1. The molecule has 1 heteroatoms. The lowest BCUT2D eigenvalue weighted by Crippen LogP contribution is -1.80. The number of hydrogen-bond acceptors (Lipinski definition) is 1. The highest BCUT2D eigenvalue weighted by molar-refractivity contribution is 5.14.